The van der Waals surface area contributed by atoms with E-state index in [1.54, 1.807) is 20.8 Å². The first-order chi connectivity index (χ1) is 8.00. The van der Waals surface area contributed by atoms with Crippen LogP contribution in [-0.4, -0.2) is 28.3 Å². The zero-order chi connectivity index (χ0) is 14.6. The molecule has 0 rings (SSSR count). The van der Waals surface area contributed by atoms with E-state index in [-0.39, 0.29) is 5.92 Å². The van der Waals surface area contributed by atoms with Crippen molar-refractivity contribution in [2.24, 2.45) is 5.92 Å². The number of ether oxygens (including phenoxy) is 1. The summed E-state index contributed by atoms with van der Waals surface area (Å²) < 4.78 is 5.09. The second kappa shape index (κ2) is 6.07. The third kappa shape index (κ3) is 5.89. The molecule has 2 atom stereocenters. The van der Waals surface area contributed by atoms with Crippen LogP contribution >= 0.6 is 0 Å². The van der Waals surface area contributed by atoms with Gasteiger partial charge in [0.15, 0.2) is 0 Å². The van der Waals surface area contributed by atoms with E-state index in [2.05, 4.69) is 5.32 Å². The Kier molecular flexibility index (Phi) is 5.64. The summed E-state index contributed by atoms with van der Waals surface area (Å²) in [4.78, 5) is 23.0. The first-order valence-electron chi connectivity index (χ1n) is 6.24. The standard InChI is InChI=1S/C13H25NO4/c1-7-9(2)8-13(6,10(15)16)14-11(17)18-12(3,4)5/h9H,7-8H2,1-6H3,(H,14,17)(H,15,16)/t9?,13-/m0/s1. The quantitative estimate of drug-likeness (QED) is 0.796. The maximum atomic E-state index is 11.7. The lowest BCUT2D eigenvalue weighted by molar-refractivity contribution is -0.144. The van der Waals surface area contributed by atoms with Crippen LogP contribution in [0, 0.1) is 5.92 Å². The Labute approximate surface area is 109 Å². The molecule has 0 radical (unpaired) electrons. The third-order valence-corrected chi connectivity index (χ3v) is 2.70. The fraction of sp³-hybridized carbons (Fsp3) is 0.846. The second-order valence-corrected chi connectivity index (χ2v) is 5.98. The van der Waals surface area contributed by atoms with Gasteiger partial charge in [-0.05, 0) is 40.0 Å². The van der Waals surface area contributed by atoms with Gasteiger partial charge in [0.2, 0.25) is 0 Å². The number of hydrogen-bond acceptors (Lipinski definition) is 3. The molecule has 0 saturated carbocycles. The molecule has 0 heterocycles. The molecule has 0 aliphatic rings. The molecule has 2 N–H and O–H groups in total. The molecule has 0 aromatic heterocycles. The highest BCUT2D eigenvalue weighted by Gasteiger charge is 2.37. The molecule has 0 fully saturated rings. The van der Waals surface area contributed by atoms with Crippen molar-refractivity contribution >= 4 is 12.1 Å². The Morgan fingerprint density at radius 1 is 1.28 bits per heavy atom. The van der Waals surface area contributed by atoms with Crippen molar-refractivity contribution in [2.45, 2.75) is 65.5 Å². The van der Waals surface area contributed by atoms with E-state index in [1.807, 2.05) is 13.8 Å². The minimum Gasteiger partial charge on any atom is -0.480 e. The van der Waals surface area contributed by atoms with Crippen molar-refractivity contribution in [3.05, 3.63) is 0 Å². The monoisotopic (exact) mass is 259 g/mol. The molecular weight excluding hydrogens is 234 g/mol. The summed E-state index contributed by atoms with van der Waals surface area (Å²) in [5, 5.41) is 11.7. The van der Waals surface area contributed by atoms with Crippen LogP contribution < -0.4 is 5.32 Å². The Hall–Kier alpha value is -1.26. The van der Waals surface area contributed by atoms with Crippen molar-refractivity contribution in [3.8, 4) is 0 Å². The van der Waals surface area contributed by atoms with E-state index in [9.17, 15) is 14.7 Å². The number of amides is 1. The summed E-state index contributed by atoms with van der Waals surface area (Å²) in [7, 11) is 0. The van der Waals surface area contributed by atoms with E-state index in [1.165, 1.54) is 6.92 Å². The number of alkyl carbamates (subject to hydrolysis) is 1. The predicted molar refractivity (Wildman–Crippen MR) is 69.5 cm³/mol. The number of carbonyl (C=O) groups is 2. The zero-order valence-corrected chi connectivity index (χ0v) is 12.2. The number of carbonyl (C=O) groups excluding carboxylic acids is 1. The number of aliphatic carboxylic acids is 1. The Morgan fingerprint density at radius 2 is 1.78 bits per heavy atom. The molecule has 106 valence electrons. The fourth-order valence-corrected chi connectivity index (χ4v) is 1.56. The molecule has 0 aromatic carbocycles. The molecular formula is C13H25NO4. The number of rotatable bonds is 5. The van der Waals surface area contributed by atoms with Gasteiger partial charge in [0, 0.05) is 0 Å². The molecule has 5 nitrogen and oxygen atoms in total. The third-order valence-electron chi connectivity index (χ3n) is 2.70. The predicted octanol–water partition coefficient (Wildman–Crippen LogP) is 2.79. The van der Waals surface area contributed by atoms with E-state index < -0.39 is 23.2 Å². The Morgan fingerprint density at radius 3 is 2.11 bits per heavy atom. The van der Waals surface area contributed by atoms with E-state index in [4.69, 9.17) is 4.74 Å². The smallest absolute Gasteiger partial charge is 0.408 e. The van der Waals surface area contributed by atoms with Gasteiger partial charge >= 0.3 is 12.1 Å². The number of carboxylic acid groups (broad SMARTS) is 1. The molecule has 0 saturated heterocycles. The largest absolute Gasteiger partial charge is 0.480 e. The van der Waals surface area contributed by atoms with Gasteiger partial charge in [-0.3, -0.25) is 0 Å². The number of nitrogens with one attached hydrogen (secondary N) is 1. The second-order valence-electron chi connectivity index (χ2n) is 5.98. The summed E-state index contributed by atoms with van der Waals surface area (Å²) in [6.45, 7) is 10.7. The summed E-state index contributed by atoms with van der Waals surface area (Å²) in [5.74, 6) is -0.838. The van der Waals surface area contributed by atoms with Gasteiger partial charge in [-0.25, -0.2) is 9.59 Å². The van der Waals surface area contributed by atoms with Crippen molar-refractivity contribution in [3.63, 3.8) is 0 Å². The number of hydrogen-bond donors (Lipinski definition) is 2. The minimum absolute atomic E-state index is 0.209. The van der Waals surface area contributed by atoms with Crippen LogP contribution in [-0.2, 0) is 9.53 Å². The van der Waals surface area contributed by atoms with Gasteiger partial charge in [-0.1, -0.05) is 20.3 Å². The normalized spacial score (nSPS) is 16.6. The van der Waals surface area contributed by atoms with E-state index >= 15 is 0 Å². The van der Waals surface area contributed by atoms with Crippen molar-refractivity contribution in [1.29, 1.82) is 0 Å². The maximum absolute atomic E-state index is 11.7. The van der Waals surface area contributed by atoms with Gasteiger partial charge in [0.25, 0.3) is 0 Å². The van der Waals surface area contributed by atoms with Crippen LogP contribution in [0.3, 0.4) is 0 Å². The average Bonchev–Trinajstić information content (AvgIpc) is 2.13. The molecule has 0 bridgehead atoms. The lowest BCUT2D eigenvalue weighted by Crippen LogP contribution is -2.54. The average molecular weight is 259 g/mol. The first-order valence-corrected chi connectivity index (χ1v) is 6.24. The lowest BCUT2D eigenvalue weighted by Gasteiger charge is -2.30. The summed E-state index contributed by atoms with van der Waals surface area (Å²) >= 11 is 0. The topological polar surface area (TPSA) is 75.6 Å². The van der Waals surface area contributed by atoms with Gasteiger partial charge in [-0.2, -0.15) is 0 Å². The molecule has 1 amide bonds. The van der Waals surface area contributed by atoms with Gasteiger partial charge in [0.1, 0.15) is 11.1 Å². The Balaban J connectivity index is 4.72. The molecule has 0 aliphatic heterocycles. The highest BCUT2D eigenvalue weighted by atomic mass is 16.6. The molecule has 18 heavy (non-hydrogen) atoms. The van der Waals surface area contributed by atoms with Gasteiger partial charge in [-0.15, -0.1) is 0 Å². The molecule has 5 heteroatoms. The molecule has 0 aliphatic carbocycles. The highest BCUT2D eigenvalue weighted by molar-refractivity contribution is 5.84. The molecule has 0 aromatic rings. The summed E-state index contributed by atoms with van der Waals surface area (Å²) in [6, 6.07) is 0. The summed E-state index contributed by atoms with van der Waals surface area (Å²) in [6.07, 6.45) is 0.535. The maximum Gasteiger partial charge on any atom is 0.408 e. The summed E-state index contributed by atoms with van der Waals surface area (Å²) in [5.41, 5.74) is -1.93. The number of carboxylic acids is 1. The van der Waals surface area contributed by atoms with Crippen LogP contribution in [0.1, 0.15) is 54.4 Å². The molecule has 1 unspecified atom stereocenters. The van der Waals surface area contributed by atoms with Crippen molar-refractivity contribution < 1.29 is 19.4 Å². The highest BCUT2D eigenvalue weighted by Crippen LogP contribution is 2.20. The lowest BCUT2D eigenvalue weighted by atomic mass is 9.88. The van der Waals surface area contributed by atoms with Gasteiger partial charge in [0.05, 0.1) is 0 Å². The minimum atomic E-state index is -1.29. The van der Waals surface area contributed by atoms with Gasteiger partial charge < -0.3 is 15.2 Å². The van der Waals surface area contributed by atoms with E-state index in [0.717, 1.165) is 6.42 Å². The SMILES string of the molecule is CCC(C)C[C@](C)(NC(=O)OC(C)(C)C)C(=O)O. The van der Waals surface area contributed by atoms with Crippen LogP contribution in [0.4, 0.5) is 4.79 Å². The van der Waals surface area contributed by atoms with Crippen molar-refractivity contribution in [1.82, 2.24) is 5.32 Å². The van der Waals surface area contributed by atoms with Crippen LogP contribution in [0.25, 0.3) is 0 Å². The first kappa shape index (κ1) is 16.7. The fourth-order valence-electron chi connectivity index (χ4n) is 1.56. The van der Waals surface area contributed by atoms with Crippen LogP contribution in [0.15, 0.2) is 0 Å². The van der Waals surface area contributed by atoms with Crippen LogP contribution in [0.5, 0.6) is 0 Å². The molecule has 0 spiro atoms. The van der Waals surface area contributed by atoms with Crippen molar-refractivity contribution in [2.75, 3.05) is 0 Å². The zero-order valence-electron chi connectivity index (χ0n) is 12.2. The van der Waals surface area contributed by atoms with Crippen LogP contribution in [0.2, 0.25) is 0 Å². The Bertz CT molecular complexity index is 309. The van der Waals surface area contributed by atoms with E-state index in [0.29, 0.717) is 6.42 Å².